The summed E-state index contributed by atoms with van der Waals surface area (Å²) in [5.41, 5.74) is 7.19. The van der Waals surface area contributed by atoms with Crippen LogP contribution < -0.4 is 5.73 Å². The Morgan fingerprint density at radius 1 is 1.22 bits per heavy atom. The van der Waals surface area contributed by atoms with Crippen LogP contribution >= 0.6 is 0 Å². The van der Waals surface area contributed by atoms with E-state index >= 15 is 0 Å². The number of nitrogens with two attached hydrogens (primary N) is 1. The van der Waals surface area contributed by atoms with Crippen molar-refractivity contribution in [3.63, 3.8) is 0 Å². The molecule has 3 rings (SSSR count). The highest BCUT2D eigenvalue weighted by Gasteiger charge is 2.18. The van der Waals surface area contributed by atoms with Crippen LogP contribution in [0, 0.1) is 5.92 Å². The molecule has 0 amide bonds. The Labute approximate surface area is 108 Å². The summed E-state index contributed by atoms with van der Waals surface area (Å²) in [6.07, 6.45) is 7.90. The number of hydrogen-bond acceptors (Lipinski definition) is 2. The first kappa shape index (κ1) is 11.8. The molecule has 1 aromatic heterocycles. The highest BCUT2D eigenvalue weighted by molar-refractivity contribution is 5.77. The van der Waals surface area contributed by atoms with Gasteiger partial charge in [-0.1, -0.05) is 43.9 Å². The molecular formula is C16H21NO. The van der Waals surface area contributed by atoms with Crippen molar-refractivity contribution in [3.8, 4) is 0 Å². The maximum absolute atomic E-state index is 6.24. The average molecular weight is 243 g/mol. The van der Waals surface area contributed by atoms with Crippen LogP contribution in [0.2, 0.25) is 0 Å². The molecule has 0 bridgehead atoms. The van der Waals surface area contributed by atoms with E-state index < -0.39 is 0 Å². The number of hydrogen-bond donors (Lipinski definition) is 1. The summed E-state index contributed by atoms with van der Waals surface area (Å²) >= 11 is 0. The Hall–Kier alpha value is -1.28. The zero-order chi connectivity index (χ0) is 12.4. The molecule has 2 nitrogen and oxygen atoms in total. The van der Waals surface area contributed by atoms with Gasteiger partial charge in [-0.25, -0.2) is 0 Å². The Kier molecular flexibility index (Phi) is 3.37. The van der Waals surface area contributed by atoms with Gasteiger partial charge in [0.15, 0.2) is 0 Å². The maximum Gasteiger partial charge on any atom is 0.134 e. The van der Waals surface area contributed by atoms with Crippen LogP contribution in [-0.4, -0.2) is 0 Å². The van der Waals surface area contributed by atoms with Crippen molar-refractivity contribution in [2.24, 2.45) is 11.7 Å². The van der Waals surface area contributed by atoms with E-state index in [1.54, 1.807) is 0 Å². The third kappa shape index (κ3) is 2.44. The third-order valence-electron chi connectivity index (χ3n) is 4.17. The smallest absolute Gasteiger partial charge is 0.134 e. The van der Waals surface area contributed by atoms with Crippen molar-refractivity contribution in [3.05, 3.63) is 36.1 Å². The van der Waals surface area contributed by atoms with E-state index in [0.29, 0.717) is 0 Å². The molecule has 1 heterocycles. The Morgan fingerprint density at radius 2 is 2.00 bits per heavy atom. The van der Waals surface area contributed by atoms with Crippen LogP contribution in [0.1, 0.15) is 50.3 Å². The number of fused-ring (bicyclic) bond motifs is 1. The van der Waals surface area contributed by atoms with Crippen molar-refractivity contribution < 1.29 is 4.42 Å². The monoisotopic (exact) mass is 243 g/mol. The average Bonchev–Trinajstić information content (AvgIpc) is 3.04. The number of benzene rings is 1. The van der Waals surface area contributed by atoms with E-state index in [0.717, 1.165) is 29.1 Å². The molecular weight excluding hydrogens is 222 g/mol. The first-order valence-electron chi connectivity index (χ1n) is 7.07. The summed E-state index contributed by atoms with van der Waals surface area (Å²) in [6, 6.07) is 10.3. The van der Waals surface area contributed by atoms with E-state index in [9.17, 15) is 0 Å². The summed E-state index contributed by atoms with van der Waals surface area (Å²) in [4.78, 5) is 0. The summed E-state index contributed by atoms with van der Waals surface area (Å²) in [5.74, 6) is 1.84. The third-order valence-corrected chi connectivity index (χ3v) is 4.17. The van der Waals surface area contributed by atoms with Crippen LogP contribution in [0.4, 0.5) is 0 Å². The zero-order valence-corrected chi connectivity index (χ0v) is 10.8. The number of para-hydroxylation sites is 1. The topological polar surface area (TPSA) is 39.2 Å². The molecule has 1 aliphatic rings. The van der Waals surface area contributed by atoms with Gasteiger partial charge in [-0.05, 0) is 30.9 Å². The van der Waals surface area contributed by atoms with Crippen LogP contribution in [-0.2, 0) is 0 Å². The fraction of sp³-hybridized carbons (Fsp3) is 0.500. The molecule has 0 aliphatic heterocycles. The standard InChI is InChI=1S/C16H21NO/c17-14(10-9-12-5-1-2-6-12)16-11-13-7-3-4-8-15(13)18-16/h3-4,7-8,11-12,14H,1-2,5-6,9-10,17H2. The van der Waals surface area contributed by atoms with Crippen LogP contribution in [0.15, 0.2) is 34.7 Å². The van der Waals surface area contributed by atoms with E-state index in [2.05, 4.69) is 12.1 Å². The molecule has 1 atom stereocenters. The minimum atomic E-state index is 0.0537. The molecule has 1 unspecified atom stereocenters. The lowest BCUT2D eigenvalue weighted by Crippen LogP contribution is -2.10. The van der Waals surface area contributed by atoms with Crippen molar-refractivity contribution >= 4 is 11.0 Å². The quantitative estimate of drug-likeness (QED) is 0.864. The highest BCUT2D eigenvalue weighted by atomic mass is 16.3. The van der Waals surface area contributed by atoms with E-state index in [1.807, 2.05) is 18.2 Å². The highest BCUT2D eigenvalue weighted by Crippen LogP contribution is 2.32. The number of rotatable bonds is 4. The van der Waals surface area contributed by atoms with E-state index in [1.165, 1.54) is 32.1 Å². The molecule has 2 N–H and O–H groups in total. The molecule has 18 heavy (non-hydrogen) atoms. The van der Waals surface area contributed by atoms with Gasteiger partial charge in [0.2, 0.25) is 0 Å². The van der Waals surface area contributed by atoms with Crippen molar-refractivity contribution in [1.82, 2.24) is 0 Å². The molecule has 0 spiro atoms. The van der Waals surface area contributed by atoms with Crippen LogP contribution in [0.25, 0.3) is 11.0 Å². The molecule has 2 heteroatoms. The molecule has 0 saturated heterocycles. The molecule has 96 valence electrons. The predicted molar refractivity (Wildman–Crippen MR) is 74.3 cm³/mol. The molecule has 0 radical (unpaired) electrons. The lowest BCUT2D eigenvalue weighted by atomic mass is 9.98. The summed E-state index contributed by atoms with van der Waals surface area (Å²) in [6.45, 7) is 0. The Bertz CT molecular complexity index is 478. The van der Waals surface area contributed by atoms with Gasteiger partial charge in [0.1, 0.15) is 11.3 Å². The van der Waals surface area contributed by atoms with Gasteiger partial charge in [0, 0.05) is 5.39 Å². The van der Waals surface area contributed by atoms with Gasteiger partial charge in [-0.2, -0.15) is 0 Å². The van der Waals surface area contributed by atoms with Gasteiger partial charge in [0.25, 0.3) is 0 Å². The van der Waals surface area contributed by atoms with Crippen molar-refractivity contribution in [2.45, 2.75) is 44.6 Å². The first-order valence-corrected chi connectivity index (χ1v) is 7.07. The van der Waals surface area contributed by atoms with Crippen LogP contribution in [0.3, 0.4) is 0 Å². The van der Waals surface area contributed by atoms with Gasteiger partial charge in [-0.15, -0.1) is 0 Å². The summed E-state index contributed by atoms with van der Waals surface area (Å²) in [5, 5.41) is 1.16. The summed E-state index contributed by atoms with van der Waals surface area (Å²) in [7, 11) is 0. The van der Waals surface area contributed by atoms with Gasteiger partial charge < -0.3 is 10.2 Å². The van der Waals surface area contributed by atoms with Crippen molar-refractivity contribution in [1.29, 1.82) is 0 Å². The maximum atomic E-state index is 6.24. The lowest BCUT2D eigenvalue weighted by molar-refractivity contribution is 0.415. The first-order chi connectivity index (χ1) is 8.83. The van der Waals surface area contributed by atoms with E-state index in [-0.39, 0.29) is 6.04 Å². The fourth-order valence-electron chi connectivity index (χ4n) is 3.04. The number of furan rings is 1. The van der Waals surface area contributed by atoms with E-state index in [4.69, 9.17) is 10.2 Å². The lowest BCUT2D eigenvalue weighted by Gasteiger charge is -2.12. The minimum Gasteiger partial charge on any atom is -0.459 e. The second kappa shape index (κ2) is 5.15. The SMILES string of the molecule is NC(CCC1CCCC1)c1cc2ccccc2o1. The second-order valence-corrected chi connectivity index (χ2v) is 5.52. The normalized spacial score (nSPS) is 18.5. The largest absolute Gasteiger partial charge is 0.459 e. The minimum absolute atomic E-state index is 0.0537. The second-order valence-electron chi connectivity index (χ2n) is 5.52. The fourth-order valence-corrected chi connectivity index (χ4v) is 3.04. The van der Waals surface area contributed by atoms with Gasteiger partial charge in [0.05, 0.1) is 6.04 Å². The molecule has 1 aliphatic carbocycles. The Balaban J connectivity index is 1.65. The zero-order valence-electron chi connectivity index (χ0n) is 10.8. The Morgan fingerprint density at radius 3 is 2.78 bits per heavy atom. The molecule has 1 fully saturated rings. The summed E-state index contributed by atoms with van der Waals surface area (Å²) < 4.78 is 5.82. The van der Waals surface area contributed by atoms with Crippen molar-refractivity contribution in [2.75, 3.05) is 0 Å². The van der Waals surface area contributed by atoms with Gasteiger partial charge >= 0.3 is 0 Å². The molecule has 1 aromatic carbocycles. The van der Waals surface area contributed by atoms with Gasteiger partial charge in [-0.3, -0.25) is 0 Å². The molecule has 2 aromatic rings. The van der Waals surface area contributed by atoms with Crippen LogP contribution in [0.5, 0.6) is 0 Å². The molecule has 1 saturated carbocycles. The predicted octanol–water partition coefficient (Wildman–Crippen LogP) is 4.40.